The molecule has 0 N–H and O–H groups in total. The fourth-order valence-electron chi connectivity index (χ4n) is 3.84. The first-order valence-electron chi connectivity index (χ1n) is 9.04. The van der Waals surface area contributed by atoms with Gasteiger partial charge in [-0.2, -0.15) is 0 Å². The van der Waals surface area contributed by atoms with E-state index in [2.05, 4.69) is 29.2 Å². The number of nitrogens with zero attached hydrogens (tertiary/aromatic N) is 2. The Morgan fingerprint density at radius 1 is 0.679 bits per heavy atom. The topological polar surface area (TPSA) is 50.3 Å². The van der Waals surface area contributed by atoms with Crippen molar-refractivity contribution in [3.05, 3.63) is 90.3 Å². The second-order valence-electron chi connectivity index (χ2n) is 6.88. The lowest BCUT2D eigenvalue weighted by molar-refractivity contribution is 0.0650. The van der Waals surface area contributed by atoms with E-state index in [4.69, 9.17) is 0 Å². The first-order valence-corrected chi connectivity index (χ1v) is 9.04. The summed E-state index contributed by atoms with van der Waals surface area (Å²) in [5, 5.41) is 1.66. The van der Waals surface area contributed by atoms with Gasteiger partial charge in [0, 0.05) is 36.0 Å². The molecule has 0 saturated heterocycles. The number of hydrogen-bond acceptors (Lipinski definition) is 3. The second-order valence-corrected chi connectivity index (χ2v) is 6.88. The number of hydrogen-bond donors (Lipinski definition) is 0. The highest BCUT2D eigenvalue weighted by molar-refractivity contribution is 6.26. The Labute approximate surface area is 162 Å². The van der Waals surface area contributed by atoms with Crippen LogP contribution in [0.25, 0.3) is 33.0 Å². The summed E-state index contributed by atoms with van der Waals surface area (Å²) in [4.78, 5) is 30.5. The third-order valence-corrected chi connectivity index (χ3v) is 5.30. The first-order chi connectivity index (χ1) is 13.6. The SMILES string of the molecule is CN1C(=O)c2cccc3c(-c4ccc(-c5cccnc5)cc4)ccc(c23)C1=O. The van der Waals surface area contributed by atoms with E-state index in [1.165, 1.54) is 11.9 Å². The minimum absolute atomic E-state index is 0.257. The van der Waals surface area contributed by atoms with E-state index in [-0.39, 0.29) is 11.8 Å². The van der Waals surface area contributed by atoms with Crippen molar-refractivity contribution in [3.63, 3.8) is 0 Å². The zero-order chi connectivity index (χ0) is 19.3. The lowest BCUT2D eigenvalue weighted by Crippen LogP contribution is -2.36. The molecule has 0 spiro atoms. The zero-order valence-corrected chi connectivity index (χ0v) is 15.2. The second kappa shape index (κ2) is 6.13. The molecule has 28 heavy (non-hydrogen) atoms. The van der Waals surface area contributed by atoms with Crippen molar-refractivity contribution in [2.24, 2.45) is 0 Å². The first kappa shape index (κ1) is 16.4. The van der Waals surface area contributed by atoms with Crippen LogP contribution in [0.2, 0.25) is 0 Å². The maximum Gasteiger partial charge on any atom is 0.261 e. The van der Waals surface area contributed by atoms with Gasteiger partial charge < -0.3 is 0 Å². The zero-order valence-electron chi connectivity index (χ0n) is 15.2. The molecule has 0 aliphatic carbocycles. The van der Waals surface area contributed by atoms with Crippen molar-refractivity contribution in [2.75, 3.05) is 7.05 Å². The molecule has 0 atom stereocenters. The molecular formula is C24H16N2O2. The van der Waals surface area contributed by atoms with Crippen LogP contribution < -0.4 is 0 Å². The van der Waals surface area contributed by atoms with Gasteiger partial charge in [-0.25, -0.2) is 0 Å². The summed E-state index contributed by atoms with van der Waals surface area (Å²) in [5.74, 6) is -0.514. The van der Waals surface area contributed by atoms with Crippen molar-refractivity contribution < 1.29 is 9.59 Å². The van der Waals surface area contributed by atoms with E-state index in [9.17, 15) is 9.59 Å². The summed E-state index contributed by atoms with van der Waals surface area (Å²) in [6, 6.07) is 21.6. The molecule has 2 heterocycles. The van der Waals surface area contributed by atoms with Crippen LogP contribution in [0.15, 0.2) is 79.1 Å². The molecule has 1 aliphatic heterocycles. The number of rotatable bonds is 2. The molecule has 4 nitrogen and oxygen atoms in total. The lowest BCUT2D eigenvalue weighted by Gasteiger charge is -2.24. The minimum atomic E-state index is -0.257. The quantitative estimate of drug-likeness (QED) is 0.480. The van der Waals surface area contributed by atoms with E-state index in [1.807, 2.05) is 42.6 Å². The molecule has 3 aromatic carbocycles. The molecule has 2 amide bonds. The van der Waals surface area contributed by atoms with Gasteiger partial charge in [0.05, 0.1) is 0 Å². The van der Waals surface area contributed by atoms with E-state index in [1.54, 1.807) is 12.3 Å². The van der Waals surface area contributed by atoms with Crippen molar-refractivity contribution >= 4 is 22.6 Å². The maximum atomic E-state index is 12.6. The van der Waals surface area contributed by atoms with Gasteiger partial charge in [-0.15, -0.1) is 0 Å². The maximum absolute atomic E-state index is 12.6. The summed E-state index contributed by atoms with van der Waals surface area (Å²) in [7, 11) is 1.53. The third-order valence-electron chi connectivity index (χ3n) is 5.30. The molecule has 4 heteroatoms. The number of carbonyl (C=O) groups excluding carboxylic acids is 2. The Morgan fingerprint density at radius 3 is 2.07 bits per heavy atom. The Kier molecular flexibility index (Phi) is 3.59. The molecule has 0 radical (unpaired) electrons. The number of carbonyl (C=O) groups is 2. The number of pyridine rings is 1. The molecule has 0 fully saturated rings. The van der Waals surface area contributed by atoms with Gasteiger partial charge in [-0.3, -0.25) is 19.5 Å². The van der Waals surface area contributed by atoms with Crippen molar-refractivity contribution in [2.45, 2.75) is 0 Å². The molecule has 0 bridgehead atoms. The van der Waals surface area contributed by atoms with Crippen LogP contribution in [0, 0.1) is 0 Å². The van der Waals surface area contributed by atoms with Gasteiger partial charge >= 0.3 is 0 Å². The normalized spacial score (nSPS) is 13.2. The van der Waals surface area contributed by atoms with Gasteiger partial charge in [-0.05, 0) is 45.8 Å². The number of imide groups is 1. The van der Waals surface area contributed by atoms with Crippen LogP contribution in [-0.4, -0.2) is 28.7 Å². The monoisotopic (exact) mass is 364 g/mol. The van der Waals surface area contributed by atoms with E-state index >= 15 is 0 Å². The smallest absolute Gasteiger partial charge is 0.261 e. The van der Waals surface area contributed by atoms with Crippen molar-refractivity contribution in [1.29, 1.82) is 0 Å². The molecule has 134 valence electrons. The average Bonchev–Trinajstić information content (AvgIpc) is 2.76. The van der Waals surface area contributed by atoms with Gasteiger partial charge in [0.25, 0.3) is 11.8 Å². The molecular weight excluding hydrogens is 348 g/mol. The van der Waals surface area contributed by atoms with Crippen LogP contribution >= 0.6 is 0 Å². The van der Waals surface area contributed by atoms with Crippen molar-refractivity contribution in [1.82, 2.24) is 9.88 Å². The lowest BCUT2D eigenvalue weighted by atomic mass is 9.89. The van der Waals surface area contributed by atoms with E-state index in [0.717, 1.165) is 33.0 Å². The van der Waals surface area contributed by atoms with Crippen LogP contribution in [0.5, 0.6) is 0 Å². The van der Waals surface area contributed by atoms with Gasteiger partial charge in [0.15, 0.2) is 0 Å². The number of amides is 2. The van der Waals surface area contributed by atoms with Crippen LogP contribution in [0.4, 0.5) is 0 Å². The summed E-state index contributed by atoms with van der Waals surface area (Å²) in [5.41, 5.74) is 5.34. The fraction of sp³-hybridized carbons (Fsp3) is 0.0417. The Balaban J connectivity index is 1.68. The summed E-state index contributed by atoms with van der Waals surface area (Å²) in [6.07, 6.45) is 3.60. The molecule has 1 aliphatic rings. The predicted molar refractivity (Wildman–Crippen MR) is 109 cm³/mol. The standard InChI is InChI=1S/C24H16N2O2/c1-26-23(27)20-6-2-5-19-18(11-12-21(22(19)20)24(26)28)16-9-7-15(8-10-16)17-4-3-13-25-14-17/h2-14H,1H3. The predicted octanol–water partition coefficient (Wildman–Crippen LogP) is 4.79. The van der Waals surface area contributed by atoms with E-state index in [0.29, 0.717) is 11.1 Å². The van der Waals surface area contributed by atoms with Crippen LogP contribution in [0.3, 0.4) is 0 Å². The Hall–Kier alpha value is -3.79. The molecule has 1 aromatic heterocycles. The van der Waals surface area contributed by atoms with Gasteiger partial charge in [0.2, 0.25) is 0 Å². The van der Waals surface area contributed by atoms with Gasteiger partial charge in [-0.1, -0.05) is 48.5 Å². The molecule has 0 saturated carbocycles. The summed E-state index contributed by atoms with van der Waals surface area (Å²) >= 11 is 0. The van der Waals surface area contributed by atoms with Crippen molar-refractivity contribution in [3.8, 4) is 22.3 Å². The number of aromatic nitrogens is 1. The molecule has 0 unspecified atom stereocenters. The Morgan fingerprint density at radius 2 is 1.36 bits per heavy atom. The largest absolute Gasteiger partial charge is 0.277 e. The molecule has 5 rings (SSSR count). The minimum Gasteiger partial charge on any atom is -0.277 e. The number of benzene rings is 3. The highest BCUT2D eigenvalue weighted by Gasteiger charge is 2.30. The highest BCUT2D eigenvalue weighted by Crippen LogP contribution is 2.36. The highest BCUT2D eigenvalue weighted by atomic mass is 16.2. The van der Waals surface area contributed by atoms with Gasteiger partial charge in [0.1, 0.15) is 0 Å². The Bertz CT molecular complexity index is 1220. The van der Waals surface area contributed by atoms with Crippen LogP contribution in [-0.2, 0) is 0 Å². The molecule has 4 aromatic rings. The summed E-state index contributed by atoms with van der Waals surface area (Å²) < 4.78 is 0. The van der Waals surface area contributed by atoms with E-state index < -0.39 is 0 Å². The summed E-state index contributed by atoms with van der Waals surface area (Å²) in [6.45, 7) is 0. The fourth-order valence-corrected chi connectivity index (χ4v) is 3.84. The van der Waals surface area contributed by atoms with Crippen LogP contribution in [0.1, 0.15) is 20.7 Å². The average molecular weight is 364 g/mol. The third kappa shape index (κ3) is 2.35.